The molecule has 5 heterocycles. The number of phenolic OH excluding ortho intramolecular Hbond substituents is 1. The van der Waals surface area contributed by atoms with Gasteiger partial charge >= 0.3 is 0 Å². The highest BCUT2D eigenvalue weighted by Crippen LogP contribution is 2.34. The number of β-amino-alcohol motifs (C(OH)–C–C–N with tert-alkyl or cyclic N) is 1. The zero-order valence-corrected chi connectivity index (χ0v) is 36.8. The van der Waals surface area contributed by atoms with Gasteiger partial charge in [-0.05, 0) is 47.3 Å². The Hall–Kier alpha value is -6.25. The molecule has 1 saturated heterocycles. The zero-order valence-electron chi connectivity index (χ0n) is 36.0. The van der Waals surface area contributed by atoms with E-state index in [1.165, 1.54) is 4.90 Å². The van der Waals surface area contributed by atoms with E-state index in [-0.39, 0.29) is 67.9 Å². The van der Waals surface area contributed by atoms with Crippen LogP contribution in [0.4, 0.5) is 5.82 Å². The molecule has 338 valence electrons. The Morgan fingerprint density at radius 2 is 1.69 bits per heavy atom. The minimum Gasteiger partial charge on any atom is -0.507 e. The van der Waals surface area contributed by atoms with Gasteiger partial charge in [0.25, 0.3) is 5.88 Å². The first-order valence-electron chi connectivity index (χ1n) is 21.1. The molecule has 5 N–H and O–H groups in total. The molecule has 6 aromatic rings. The molecule has 19 heteroatoms. The molecule has 0 unspecified atom stereocenters. The van der Waals surface area contributed by atoms with Crippen molar-refractivity contribution in [1.29, 1.82) is 0 Å². The number of benzene rings is 2. The maximum absolute atomic E-state index is 14.0. The number of ether oxygens (including phenoxy) is 4. The Kier molecular flexibility index (Phi) is 15.7. The number of aliphatic hydroxyl groups is 1. The second-order valence-electron chi connectivity index (χ2n) is 15.6. The van der Waals surface area contributed by atoms with E-state index in [0.29, 0.717) is 62.2 Å². The number of thiazole rings is 1. The van der Waals surface area contributed by atoms with Gasteiger partial charge in [0.05, 0.1) is 80.3 Å². The van der Waals surface area contributed by atoms with Gasteiger partial charge in [0.2, 0.25) is 11.8 Å². The predicted octanol–water partition coefficient (Wildman–Crippen LogP) is 4.86. The van der Waals surface area contributed by atoms with Crippen molar-refractivity contribution in [3.63, 3.8) is 0 Å². The number of nitrogens with two attached hydrogens (primary N) is 1. The van der Waals surface area contributed by atoms with Crippen LogP contribution in [0.2, 0.25) is 0 Å². The van der Waals surface area contributed by atoms with Crippen molar-refractivity contribution in [1.82, 2.24) is 40.3 Å². The van der Waals surface area contributed by atoms with Crippen molar-refractivity contribution in [3.8, 4) is 44.5 Å². The molecule has 7 rings (SSSR count). The van der Waals surface area contributed by atoms with Crippen molar-refractivity contribution < 1.29 is 43.3 Å². The van der Waals surface area contributed by atoms with E-state index in [9.17, 15) is 19.8 Å². The third-order valence-corrected chi connectivity index (χ3v) is 11.6. The number of aromatic hydroxyl groups is 1. The molecular weight excluding hydrogens is 843 g/mol. The number of aromatic nitrogens is 6. The molecule has 1 aliphatic rings. The maximum Gasteiger partial charge on any atom is 0.254 e. The highest BCUT2D eigenvalue weighted by atomic mass is 32.1. The van der Waals surface area contributed by atoms with E-state index in [1.54, 1.807) is 52.5 Å². The first-order chi connectivity index (χ1) is 31.0. The number of rotatable bonds is 22. The fourth-order valence-corrected chi connectivity index (χ4v) is 8.16. The summed E-state index contributed by atoms with van der Waals surface area (Å²) in [6.45, 7) is 8.98. The topological polar surface area (TPSA) is 235 Å². The van der Waals surface area contributed by atoms with E-state index >= 15 is 0 Å². The standard InChI is InChI=1S/C45H53N9O9S/c1-28(2)41(45(58)54-26-33(55)20-37(54)44(57)47-23-30-8-10-31(11-9-30)42-29(3)48-27-64-42)39-22-40(52-63-39)62-19-18-61-17-16-60-15-14-59-13-12-53-25-32(24-49-53)35-21-36(50-51-43(35)46)34-6-4-5-7-38(34)56/h4-11,21-22,24-25,27-28,33,37,41,55-56H,12-20,23,26H2,1-3H3,(H2,46,51)(H,47,57)/t33-,37+,41-/m1/s1. The van der Waals surface area contributed by atoms with Crippen LogP contribution in [0.5, 0.6) is 11.6 Å². The van der Waals surface area contributed by atoms with Crippen LogP contribution in [-0.4, -0.2) is 122 Å². The predicted molar refractivity (Wildman–Crippen MR) is 237 cm³/mol. The van der Waals surface area contributed by atoms with Gasteiger partial charge in [-0.2, -0.15) is 5.10 Å². The monoisotopic (exact) mass is 895 g/mol. The first kappa shape index (κ1) is 45.8. The summed E-state index contributed by atoms with van der Waals surface area (Å²) in [5, 5.41) is 40.3. The Morgan fingerprint density at radius 1 is 0.953 bits per heavy atom. The summed E-state index contributed by atoms with van der Waals surface area (Å²) >= 11 is 1.58. The van der Waals surface area contributed by atoms with Crippen LogP contribution in [0.3, 0.4) is 0 Å². The number of nitrogens with zero attached hydrogens (tertiary/aromatic N) is 7. The summed E-state index contributed by atoms with van der Waals surface area (Å²) < 4.78 is 30.0. The van der Waals surface area contributed by atoms with Crippen LogP contribution in [0.1, 0.15) is 43.2 Å². The molecule has 2 amide bonds. The number of carbonyl (C=O) groups is 2. The number of carbonyl (C=O) groups excluding carboxylic acids is 2. The van der Waals surface area contributed by atoms with Crippen LogP contribution < -0.4 is 15.8 Å². The molecule has 1 aliphatic heterocycles. The Morgan fingerprint density at radius 3 is 2.41 bits per heavy atom. The van der Waals surface area contributed by atoms with Crippen LogP contribution in [0.15, 0.2) is 83.1 Å². The number of nitrogen functional groups attached to an aromatic ring is 1. The number of anilines is 1. The van der Waals surface area contributed by atoms with Crippen LogP contribution >= 0.6 is 11.3 Å². The highest BCUT2D eigenvalue weighted by molar-refractivity contribution is 7.13. The SMILES string of the molecule is Cc1ncsc1-c1ccc(CNC(=O)[C@@H]2C[C@@H](O)CN2C(=O)[C@@H](c2cc(OCCOCCOCCOCCn3cc(-c4cc(-c5ccccc5O)nnc4N)cn3)no2)C(C)C)cc1. The lowest BCUT2D eigenvalue weighted by molar-refractivity contribution is -0.141. The Labute approximate surface area is 374 Å². The van der Waals surface area contributed by atoms with Gasteiger partial charge in [-0.15, -0.1) is 21.5 Å². The van der Waals surface area contributed by atoms with Gasteiger partial charge in [0, 0.05) is 48.5 Å². The molecule has 4 aromatic heterocycles. The third-order valence-electron chi connectivity index (χ3n) is 10.7. The maximum atomic E-state index is 14.0. The fraction of sp³-hybridized carbons (Fsp3) is 0.400. The van der Waals surface area contributed by atoms with Crippen molar-refractivity contribution in [3.05, 3.63) is 95.6 Å². The quantitative estimate of drug-likeness (QED) is 0.0666. The number of phenols is 1. The molecule has 64 heavy (non-hydrogen) atoms. The lowest BCUT2D eigenvalue weighted by Crippen LogP contribution is -2.48. The highest BCUT2D eigenvalue weighted by Gasteiger charge is 2.43. The number of hydrogen-bond acceptors (Lipinski definition) is 16. The smallest absolute Gasteiger partial charge is 0.254 e. The van der Waals surface area contributed by atoms with E-state index in [0.717, 1.165) is 27.3 Å². The number of likely N-dealkylation sites (tertiary alicyclic amines) is 1. The molecule has 18 nitrogen and oxygen atoms in total. The first-order valence-corrected chi connectivity index (χ1v) is 22.0. The Balaban J connectivity index is 0.770. The van der Waals surface area contributed by atoms with E-state index in [2.05, 4.69) is 30.8 Å². The van der Waals surface area contributed by atoms with Crippen molar-refractivity contribution >= 4 is 29.0 Å². The molecule has 0 bridgehead atoms. The van der Waals surface area contributed by atoms with Crippen LogP contribution in [0.25, 0.3) is 32.8 Å². The molecule has 0 aliphatic carbocycles. The van der Waals surface area contributed by atoms with Crippen LogP contribution in [-0.2, 0) is 36.9 Å². The van der Waals surface area contributed by atoms with Gasteiger partial charge in [-0.25, -0.2) is 4.98 Å². The fourth-order valence-electron chi connectivity index (χ4n) is 7.35. The second-order valence-corrected chi connectivity index (χ2v) is 16.4. The number of nitrogens with one attached hydrogen (secondary N) is 1. The van der Waals surface area contributed by atoms with E-state index < -0.39 is 18.1 Å². The summed E-state index contributed by atoms with van der Waals surface area (Å²) in [6, 6.07) is 17.4. The van der Waals surface area contributed by atoms with E-state index in [1.807, 2.05) is 62.8 Å². The average molecular weight is 896 g/mol. The van der Waals surface area contributed by atoms with Crippen molar-refractivity contribution in [2.45, 2.75) is 58.3 Å². The minimum absolute atomic E-state index is 0.0378. The summed E-state index contributed by atoms with van der Waals surface area (Å²) in [6.07, 6.45) is 2.85. The minimum atomic E-state index is -0.831. The van der Waals surface area contributed by atoms with Crippen molar-refractivity contribution in [2.24, 2.45) is 5.92 Å². The molecule has 2 aromatic carbocycles. The average Bonchev–Trinajstić information content (AvgIpc) is 4.12. The number of para-hydroxylation sites is 1. The number of hydrogen-bond donors (Lipinski definition) is 4. The number of aliphatic hydroxyl groups excluding tert-OH is 1. The van der Waals surface area contributed by atoms with Gasteiger partial charge in [0.1, 0.15) is 24.3 Å². The van der Waals surface area contributed by atoms with Gasteiger partial charge < -0.3 is 49.6 Å². The zero-order chi connectivity index (χ0) is 45.0. The third kappa shape index (κ3) is 11.7. The molecule has 0 spiro atoms. The lowest BCUT2D eigenvalue weighted by Gasteiger charge is -2.28. The summed E-state index contributed by atoms with van der Waals surface area (Å²) in [5.74, 6) is -0.717. The summed E-state index contributed by atoms with van der Waals surface area (Å²) in [7, 11) is 0. The lowest BCUT2D eigenvalue weighted by atomic mass is 9.91. The molecule has 0 saturated carbocycles. The summed E-state index contributed by atoms with van der Waals surface area (Å²) in [4.78, 5) is 34.2. The second kappa shape index (κ2) is 21.9. The Bertz CT molecular complexity index is 2460. The number of aryl methyl sites for hydroxylation is 1. The van der Waals surface area contributed by atoms with Gasteiger partial charge in [0.15, 0.2) is 11.6 Å². The molecule has 0 radical (unpaired) electrons. The van der Waals surface area contributed by atoms with Gasteiger partial charge in [-0.1, -0.05) is 50.2 Å². The largest absolute Gasteiger partial charge is 0.507 e. The molecular formula is C45H53N9O9S. The number of amides is 2. The summed E-state index contributed by atoms with van der Waals surface area (Å²) in [5.41, 5.74) is 13.4. The van der Waals surface area contributed by atoms with Crippen molar-refractivity contribution in [2.75, 3.05) is 58.5 Å². The normalized spacial score (nSPS) is 15.5. The van der Waals surface area contributed by atoms with E-state index in [4.69, 9.17) is 29.2 Å². The molecule has 1 fully saturated rings. The van der Waals surface area contributed by atoms with Crippen LogP contribution in [0, 0.1) is 12.8 Å². The van der Waals surface area contributed by atoms with Gasteiger partial charge in [-0.3, -0.25) is 14.3 Å². The molecule has 3 atom stereocenters.